The number of fused-ring (bicyclic) bond motifs is 1. The van der Waals surface area contributed by atoms with Crippen LogP contribution in [0.25, 0.3) is 0 Å². The van der Waals surface area contributed by atoms with E-state index in [-0.39, 0.29) is 18.2 Å². The second-order valence-electron chi connectivity index (χ2n) is 9.61. The maximum atomic E-state index is 13.1. The zero-order valence-electron chi connectivity index (χ0n) is 19.6. The molecule has 0 bridgehead atoms. The highest BCUT2D eigenvalue weighted by atomic mass is 35.5. The third-order valence-corrected chi connectivity index (χ3v) is 7.40. The number of likely N-dealkylation sites (tertiary alicyclic amines) is 1. The molecule has 1 aliphatic heterocycles. The van der Waals surface area contributed by atoms with Gasteiger partial charge in [0.1, 0.15) is 18.2 Å². The largest absolute Gasteiger partial charge is 0.489 e. The molecule has 176 valence electrons. The lowest BCUT2D eigenvalue weighted by molar-refractivity contribution is 0.0324. The predicted molar refractivity (Wildman–Crippen MR) is 133 cm³/mol. The lowest BCUT2D eigenvalue weighted by atomic mass is 9.72. The van der Waals surface area contributed by atoms with E-state index in [0.717, 1.165) is 17.7 Å². The summed E-state index contributed by atoms with van der Waals surface area (Å²) in [6, 6.07) is 13.2. The molecule has 1 atom stereocenters. The van der Waals surface area contributed by atoms with Crippen molar-refractivity contribution < 1.29 is 9.13 Å². The first-order chi connectivity index (χ1) is 15.2. The van der Waals surface area contributed by atoms with Crippen molar-refractivity contribution in [3.8, 4) is 5.75 Å². The number of halogens is 2. The van der Waals surface area contributed by atoms with Gasteiger partial charge in [0.15, 0.2) is 0 Å². The fourth-order valence-corrected chi connectivity index (χ4v) is 5.55. The Hall–Kier alpha value is -1.58. The second-order valence-corrected chi connectivity index (χ2v) is 9.61. The van der Waals surface area contributed by atoms with Crippen LogP contribution < -0.4 is 4.74 Å². The minimum atomic E-state index is -0.204. The van der Waals surface area contributed by atoms with Crippen LogP contribution in [0.3, 0.4) is 0 Å². The Bertz CT molecular complexity index is 840. The van der Waals surface area contributed by atoms with E-state index in [0.29, 0.717) is 12.1 Å². The quantitative estimate of drug-likeness (QED) is 0.359. The zero-order valence-corrected chi connectivity index (χ0v) is 20.4. The number of hydrogen-bond donors (Lipinski definition) is 0. The van der Waals surface area contributed by atoms with Gasteiger partial charge in [-0.1, -0.05) is 57.2 Å². The average Bonchev–Trinajstić information content (AvgIpc) is 2.80. The number of hydrogen-bond acceptors (Lipinski definition) is 2. The van der Waals surface area contributed by atoms with E-state index < -0.39 is 0 Å². The molecule has 0 aromatic heterocycles. The molecule has 2 aromatic carbocycles. The normalized spacial score (nSPS) is 20.6. The number of ether oxygens (including phenoxy) is 1. The molecule has 4 heteroatoms. The smallest absolute Gasteiger partial charge is 0.123 e. The van der Waals surface area contributed by atoms with Crippen molar-refractivity contribution in [3.05, 3.63) is 65.0 Å². The maximum absolute atomic E-state index is 13.1. The summed E-state index contributed by atoms with van der Waals surface area (Å²) in [7, 11) is 0. The van der Waals surface area contributed by atoms with Gasteiger partial charge >= 0.3 is 0 Å². The molecule has 1 heterocycles. The highest BCUT2D eigenvalue weighted by Crippen LogP contribution is 2.41. The fourth-order valence-electron chi connectivity index (χ4n) is 5.55. The third kappa shape index (κ3) is 6.26. The zero-order chi connectivity index (χ0) is 21.5. The van der Waals surface area contributed by atoms with E-state index >= 15 is 0 Å². The van der Waals surface area contributed by atoms with Gasteiger partial charge in [-0.3, -0.25) is 4.90 Å². The maximum Gasteiger partial charge on any atom is 0.123 e. The first-order valence-corrected chi connectivity index (χ1v) is 12.4. The Labute approximate surface area is 200 Å². The number of aryl methyl sites for hydroxylation is 1. The Kier molecular flexibility index (Phi) is 9.43. The lowest BCUT2D eigenvalue weighted by Crippen LogP contribution is -2.55. The minimum absolute atomic E-state index is 0. The number of benzene rings is 2. The molecule has 1 saturated heterocycles. The Morgan fingerprint density at radius 1 is 0.938 bits per heavy atom. The van der Waals surface area contributed by atoms with Crippen LogP contribution in [-0.4, -0.2) is 23.5 Å². The Morgan fingerprint density at radius 3 is 2.56 bits per heavy atom. The van der Waals surface area contributed by atoms with Crippen LogP contribution in [0, 0.1) is 5.82 Å². The molecule has 32 heavy (non-hydrogen) atoms. The van der Waals surface area contributed by atoms with Gasteiger partial charge in [0.05, 0.1) is 0 Å². The molecule has 1 unspecified atom stereocenters. The van der Waals surface area contributed by atoms with Crippen molar-refractivity contribution in [1.82, 2.24) is 4.90 Å². The first kappa shape index (κ1) is 25.1. The fraction of sp³-hybridized carbons (Fsp3) is 0.571. The number of unbranched alkanes of at least 4 members (excludes halogenated alkanes) is 4. The van der Waals surface area contributed by atoms with E-state index in [1.54, 1.807) is 12.1 Å². The summed E-state index contributed by atoms with van der Waals surface area (Å²) < 4.78 is 19.1. The second kappa shape index (κ2) is 12.0. The van der Waals surface area contributed by atoms with Crippen LogP contribution in [0.15, 0.2) is 42.5 Å². The summed E-state index contributed by atoms with van der Waals surface area (Å²) in [5.41, 5.74) is 4.34. The molecule has 2 aromatic rings. The topological polar surface area (TPSA) is 12.5 Å². The van der Waals surface area contributed by atoms with Gasteiger partial charge in [0.25, 0.3) is 0 Å². The van der Waals surface area contributed by atoms with Crippen molar-refractivity contribution in [3.63, 3.8) is 0 Å². The van der Waals surface area contributed by atoms with Gasteiger partial charge in [0.2, 0.25) is 0 Å². The minimum Gasteiger partial charge on any atom is -0.489 e. The van der Waals surface area contributed by atoms with Crippen molar-refractivity contribution in [2.24, 2.45) is 0 Å². The van der Waals surface area contributed by atoms with Crippen LogP contribution in [0.2, 0.25) is 0 Å². The monoisotopic (exact) mass is 459 g/mol. The molecule has 0 radical (unpaired) electrons. The lowest BCUT2D eigenvalue weighted by Gasteiger charge is -2.50. The van der Waals surface area contributed by atoms with Crippen LogP contribution >= 0.6 is 12.4 Å². The molecule has 2 nitrogen and oxygen atoms in total. The van der Waals surface area contributed by atoms with Crippen molar-refractivity contribution in [2.45, 2.75) is 89.7 Å². The third-order valence-electron chi connectivity index (χ3n) is 7.40. The van der Waals surface area contributed by atoms with Gasteiger partial charge in [0, 0.05) is 5.54 Å². The molecule has 2 aliphatic rings. The SMILES string of the molecule is CCCCCCCN1CCCCC12CCc1cc(OCc3ccc(F)cc3)ccc1C2.Cl. The van der Waals surface area contributed by atoms with Gasteiger partial charge in [-0.2, -0.15) is 0 Å². The van der Waals surface area contributed by atoms with Crippen LogP contribution in [0.5, 0.6) is 5.75 Å². The summed E-state index contributed by atoms with van der Waals surface area (Å²) in [4.78, 5) is 2.85. The summed E-state index contributed by atoms with van der Waals surface area (Å²) in [5, 5.41) is 0. The van der Waals surface area contributed by atoms with E-state index in [4.69, 9.17) is 4.74 Å². The van der Waals surface area contributed by atoms with Gasteiger partial charge in [-0.25, -0.2) is 4.39 Å². The van der Waals surface area contributed by atoms with Gasteiger partial charge in [-0.15, -0.1) is 12.4 Å². The van der Waals surface area contributed by atoms with Crippen molar-refractivity contribution in [1.29, 1.82) is 0 Å². The highest BCUT2D eigenvalue weighted by Gasteiger charge is 2.40. The Morgan fingerprint density at radius 2 is 1.75 bits per heavy atom. The van der Waals surface area contributed by atoms with E-state index in [2.05, 4.69) is 30.0 Å². The van der Waals surface area contributed by atoms with Crippen molar-refractivity contribution >= 4 is 12.4 Å². The summed E-state index contributed by atoms with van der Waals surface area (Å²) in [6.45, 7) is 5.33. The molecule has 1 fully saturated rings. The number of piperidine rings is 1. The first-order valence-electron chi connectivity index (χ1n) is 12.4. The molecule has 1 spiro atoms. The summed E-state index contributed by atoms with van der Waals surface area (Å²) in [5.74, 6) is 0.722. The van der Waals surface area contributed by atoms with E-state index in [1.807, 2.05) is 0 Å². The highest BCUT2D eigenvalue weighted by molar-refractivity contribution is 5.85. The molecular formula is C28H39ClFNO. The predicted octanol–water partition coefficient (Wildman–Crippen LogP) is 7.51. The molecule has 1 aliphatic carbocycles. The number of rotatable bonds is 9. The van der Waals surface area contributed by atoms with E-state index in [1.165, 1.54) is 101 Å². The van der Waals surface area contributed by atoms with Crippen LogP contribution in [0.1, 0.15) is 81.4 Å². The molecule has 0 amide bonds. The van der Waals surface area contributed by atoms with Gasteiger partial charge < -0.3 is 4.74 Å². The molecule has 4 rings (SSSR count). The molecule has 0 saturated carbocycles. The molecule has 0 N–H and O–H groups in total. The summed E-state index contributed by atoms with van der Waals surface area (Å²) >= 11 is 0. The number of nitrogens with zero attached hydrogens (tertiary/aromatic N) is 1. The standard InChI is InChI=1S/C28H38FNO.ClH/c1-2-3-4-5-7-18-30-19-8-6-16-28(30)17-15-24-20-27(14-11-25(24)21-28)31-22-23-9-12-26(29)13-10-23;/h9-14,20H,2-8,15-19,21-22H2,1H3;1H. The van der Waals surface area contributed by atoms with Gasteiger partial charge in [-0.05, 0) is 92.6 Å². The van der Waals surface area contributed by atoms with E-state index in [9.17, 15) is 4.39 Å². The summed E-state index contributed by atoms with van der Waals surface area (Å²) in [6.07, 6.45) is 14.5. The van der Waals surface area contributed by atoms with Crippen molar-refractivity contribution in [2.75, 3.05) is 13.1 Å². The van der Waals surface area contributed by atoms with Crippen LogP contribution in [-0.2, 0) is 19.4 Å². The molecular weight excluding hydrogens is 421 g/mol. The average molecular weight is 460 g/mol. The Balaban J connectivity index is 0.00000289. The van der Waals surface area contributed by atoms with Crippen LogP contribution in [0.4, 0.5) is 4.39 Å².